The average Bonchev–Trinajstić information content (AvgIpc) is 3.31. The fourth-order valence-corrected chi connectivity index (χ4v) is 3.88. The molecule has 0 amide bonds. The summed E-state index contributed by atoms with van der Waals surface area (Å²) in [7, 11) is 1.66. The number of pyridine rings is 1. The molecule has 1 saturated heterocycles. The number of thioether (sulfide) groups is 1. The van der Waals surface area contributed by atoms with E-state index in [-0.39, 0.29) is 6.29 Å². The van der Waals surface area contributed by atoms with E-state index >= 15 is 0 Å². The Morgan fingerprint density at radius 1 is 1.10 bits per heavy atom. The highest BCUT2D eigenvalue weighted by Gasteiger charge is 2.20. The van der Waals surface area contributed by atoms with E-state index in [4.69, 9.17) is 14.2 Å². The molecule has 1 atom stereocenters. The predicted molar refractivity (Wildman–Crippen MR) is 121 cm³/mol. The number of hydrogen-bond acceptors (Lipinski definition) is 6. The topological polar surface area (TPSA) is 43.8 Å². The quantitative estimate of drug-likeness (QED) is 0.436. The molecule has 1 aliphatic heterocycles. The summed E-state index contributed by atoms with van der Waals surface area (Å²) in [6, 6.07) is 18.7. The largest absolute Gasteiger partial charge is 0.493 e. The molecule has 6 heteroatoms. The maximum absolute atomic E-state index is 6.12. The number of anilines is 2. The van der Waals surface area contributed by atoms with Crippen LogP contribution in [0.2, 0.25) is 0 Å². The van der Waals surface area contributed by atoms with Crippen molar-refractivity contribution in [2.45, 2.75) is 30.6 Å². The Kier molecular flexibility index (Phi) is 6.77. The van der Waals surface area contributed by atoms with Crippen LogP contribution in [-0.4, -0.2) is 31.2 Å². The molecule has 0 radical (unpaired) electrons. The van der Waals surface area contributed by atoms with Crippen LogP contribution in [0.3, 0.4) is 0 Å². The summed E-state index contributed by atoms with van der Waals surface area (Å²) >= 11 is 1.74. The van der Waals surface area contributed by atoms with Gasteiger partial charge in [-0.1, -0.05) is 6.07 Å². The van der Waals surface area contributed by atoms with Gasteiger partial charge in [0.2, 0.25) is 0 Å². The average molecular weight is 423 g/mol. The van der Waals surface area contributed by atoms with E-state index in [0.717, 1.165) is 36.4 Å². The Labute approximate surface area is 182 Å². The maximum Gasteiger partial charge on any atom is 0.200 e. The first-order chi connectivity index (χ1) is 14.8. The molecule has 1 aromatic heterocycles. The Bertz CT molecular complexity index is 944. The minimum Gasteiger partial charge on any atom is -0.493 e. The molecule has 4 rings (SSSR count). The van der Waals surface area contributed by atoms with Crippen LogP contribution in [-0.2, 0) is 11.3 Å². The molecule has 0 bridgehead atoms. The zero-order chi connectivity index (χ0) is 20.8. The normalized spacial score (nSPS) is 15.7. The molecule has 0 saturated carbocycles. The van der Waals surface area contributed by atoms with E-state index in [1.54, 1.807) is 25.1 Å². The molecule has 156 valence electrons. The molecule has 30 heavy (non-hydrogen) atoms. The number of aromatic nitrogens is 1. The van der Waals surface area contributed by atoms with Crippen molar-refractivity contribution in [3.8, 4) is 11.5 Å². The predicted octanol–water partition coefficient (Wildman–Crippen LogP) is 5.67. The van der Waals surface area contributed by atoms with Gasteiger partial charge in [-0.25, -0.2) is 0 Å². The van der Waals surface area contributed by atoms with Crippen LogP contribution in [0.15, 0.2) is 71.9 Å². The van der Waals surface area contributed by atoms with Crippen molar-refractivity contribution in [1.29, 1.82) is 0 Å². The molecular weight excluding hydrogens is 396 g/mol. The highest BCUT2D eigenvalue weighted by atomic mass is 32.2. The van der Waals surface area contributed by atoms with Gasteiger partial charge < -0.3 is 19.1 Å². The van der Waals surface area contributed by atoms with Gasteiger partial charge in [0.15, 0.2) is 17.8 Å². The number of ether oxygens (including phenoxy) is 3. The number of benzene rings is 2. The lowest BCUT2D eigenvalue weighted by Gasteiger charge is -2.26. The fraction of sp³-hybridized carbons (Fsp3) is 0.292. The zero-order valence-corrected chi connectivity index (χ0v) is 18.1. The Morgan fingerprint density at radius 2 is 1.93 bits per heavy atom. The van der Waals surface area contributed by atoms with Crippen molar-refractivity contribution in [3.63, 3.8) is 0 Å². The second-order valence-electron chi connectivity index (χ2n) is 7.04. The van der Waals surface area contributed by atoms with Crippen molar-refractivity contribution in [2.24, 2.45) is 0 Å². The molecule has 5 nitrogen and oxygen atoms in total. The summed E-state index contributed by atoms with van der Waals surface area (Å²) in [5.74, 6) is 1.40. The van der Waals surface area contributed by atoms with Gasteiger partial charge in [0.25, 0.3) is 0 Å². The first-order valence-electron chi connectivity index (χ1n) is 10.0. The number of methoxy groups -OCH3 is 1. The molecule has 1 aliphatic rings. The van der Waals surface area contributed by atoms with Crippen molar-refractivity contribution >= 4 is 23.1 Å². The monoisotopic (exact) mass is 422 g/mol. The van der Waals surface area contributed by atoms with E-state index < -0.39 is 0 Å². The van der Waals surface area contributed by atoms with Crippen LogP contribution >= 0.6 is 11.8 Å². The van der Waals surface area contributed by atoms with E-state index in [2.05, 4.69) is 52.5 Å². The summed E-state index contributed by atoms with van der Waals surface area (Å²) in [6.45, 7) is 1.43. The van der Waals surface area contributed by atoms with Crippen LogP contribution < -0.4 is 14.4 Å². The molecule has 1 fully saturated rings. The van der Waals surface area contributed by atoms with Crippen LogP contribution in [0.5, 0.6) is 11.5 Å². The van der Waals surface area contributed by atoms with Crippen molar-refractivity contribution in [3.05, 3.63) is 72.6 Å². The van der Waals surface area contributed by atoms with Gasteiger partial charge in [0.05, 0.1) is 13.7 Å². The highest BCUT2D eigenvalue weighted by molar-refractivity contribution is 7.98. The summed E-state index contributed by atoms with van der Waals surface area (Å²) in [5, 5.41) is 0. The first kappa shape index (κ1) is 20.6. The number of nitrogens with zero attached hydrogens (tertiary/aromatic N) is 2. The van der Waals surface area contributed by atoms with Gasteiger partial charge >= 0.3 is 0 Å². The lowest BCUT2D eigenvalue weighted by molar-refractivity contribution is -0.0402. The van der Waals surface area contributed by atoms with Gasteiger partial charge in [-0.05, 0) is 60.7 Å². The van der Waals surface area contributed by atoms with Gasteiger partial charge in [0, 0.05) is 47.7 Å². The van der Waals surface area contributed by atoms with Crippen molar-refractivity contribution in [1.82, 2.24) is 4.98 Å². The molecule has 2 heterocycles. The van der Waals surface area contributed by atoms with Crippen molar-refractivity contribution < 1.29 is 14.2 Å². The second kappa shape index (κ2) is 9.87. The third-order valence-corrected chi connectivity index (χ3v) is 5.80. The van der Waals surface area contributed by atoms with E-state index in [1.807, 2.05) is 24.4 Å². The maximum atomic E-state index is 6.12. The smallest absolute Gasteiger partial charge is 0.200 e. The van der Waals surface area contributed by atoms with E-state index in [9.17, 15) is 0 Å². The van der Waals surface area contributed by atoms with Crippen LogP contribution in [0.1, 0.15) is 18.4 Å². The van der Waals surface area contributed by atoms with Crippen LogP contribution in [0, 0.1) is 0 Å². The van der Waals surface area contributed by atoms with Crippen molar-refractivity contribution in [2.75, 3.05) is 24.9 Å². The lowest BCUT2D eigenvalue weighted by Crippen LogP contribution is -2.18. The van der Waals surface area contributed by atoms with Crippen LogP contribution in [0.4, 0.5) is 11.4 Å². The molecule has 0 N–H and O–H groups in total. The first-order valence-corrected chi connectivity index (χ1v) is 11.3. The molecule has 1 unspecified atom stereocenters. The van der Waals surface area contributed by atoms with E-state index in [1.165, 1.54) is 4.90 Å². The Hall–Kier alpha value is -2.70. The second-order valence-corrected chi connectivity index (χ2v) is 7.92. The highest BCUT2D eigenvalue weighted by Crippen LogP contribution is 2.37. The molecular formula is C24H26N2O3S. The standard InChI is InChI=1S/C24H26N2O3S/c1-27-22-12-9-20(15-23(22)29-24-6-4-14-28-24)26(17-18-5-3-13-25-16-18)19-7-10-21(30-2)11-8-19/h3,5,7-13,15-16,24H,4,6,14,17H2,1-2H3. The minimum atomic E-state index is -0.221. The molecule has 3 aromatic rings. The van der Waals surface area contributed by atoms with Crippen LogP contribution in [0.25, 0.3) is 0 Å². The minimum absolute atomic E-state index is 0.221. The van der Waals surface area contributed by atoms with E-state index in [0.29, 0.717) is 18.0 Å². The zero-order valence-electron chi connectivity index (χ0n) is 17.3. The molecule has 0 spiro atoms. The SMILES string of the molecule is COc1ccc(N(Cc2cccnc2)c2ccc(SC)cc2)cc1OC1CCCO1. The van der Waals surface area contributed by atoms with Gasteiger partial charge in [-0.3, -0.25) is 4.98 Å². The third kappa shape index (κ3) is 4.89. The Morgan fingerprint density at radius 3 is 2.60 bits per heavy atom. The third-order valence-electron chi connectivity index (χ3n) is 5.05. The lowest BCUT2D eigenvalue weighted by atomic mass is 10.2. The number of hydrogen-bond donors (Lipinski definition) is 0. The van der Waals surface area contributed by atoms with Gasteiger partial charge in [0.1, 0.15) is 0 Å². The number of rotatable bonds is 8. The summed E-state index contributed by atoms with van der Waals surface area (Å²) in [6.07, 6.45) is 7.46. The summed E-state index contributed by atoms with van der Waals surface area (Å²) in [4.78, 5) is 7.76. The molecule has 2 aromatic carbocycles. The fourth-order valence-electron chi connectivity index (χ4n) is 3.48. The van der Waals surface area contributed by atoms with Gasteiger partial charge in [-0.15, -0.1) is 11.8 Å². The Balaban J connectivity index is 1.69. The van der Waals surface area contributed by atoms with Gasteiger partial charge in [-0.2, -0.15) is 0 Å². The summed E-state index contributed by atoms with van der Waals surface area (Å²) in [5.41, 5.74) is 3.25. The summed E-state index contributed by atoms with van der Waals surface area (Å²) < 4.78 is 17.3. The molecule has 0 aliphatic carbocycles.